The lowest BCUT2D eigenvalue weighted by Crippen LogP contribution is -2.09. The van der Waals surface area contributed by atoms with Crippen LogP contribution in [0.1, 0.15) is 23.5 Å². The van der Waals surface area contributed by atoms with Crippen molar-refractivity contribution in [2.75, 3.05) is 13.1 Å². The first-order valence-corrected chi connectivity index (χ1v) is 4.71. The van der Waals surface area contributed by atoms with Crippen LogP contribution in [0.25, 0.3) is 0 Å². The molecule has 0 spiro atoms. The summed E-state index contributed by atoms with van der Waals surface area (Å²) in [5.41, 5.74) is 1.12. The van der Waals surface area contributed by atoms with E-state index in [1.54, 1.807) is 12.1 Å². The SMILES string of the molecule is N#Cc1ccc([C@@H]2CCNC2)c(F)c1. The molecule has 0 radical (unpaired) electrons. The van der Waals surface area contributed by atoms with Gasteiger partial charge in [0.05, 0.1) is 11.6 Å². The molecule has 1 heterocycles. The number of benzene rings is 1. The molecule has 0 saturated carbocycles. The van der Waals surface area contributed by atoms with E-state index in [0.29, 0.717) is 5.56 Å². The van der Waals surface area contributed by atoms with Gasteiger partial charge in [-0.15, -0.1) is 0 Å². The van der Waals surface area contributed by atoms with Gasteiger partial charge in [-0.1, -0.05) is 6.07 Å². The molecule has 0 aromatic heterocycles. The van der Waals surface area contributed by atoms with Crippen LogP contribution in [0.3, 0.4) is 0 Å². The fraction of sp³-hybridized carbons (Fsp3) is 0.364. The summed E-state index contributed by atoms with van der Waals surface area (Å²) in [6.45, 7) is 1.78. The van der Waals surface area contributed by atoms with Gasteiger partial charge in [-0.2, -0.15) is 5.26 Å². The third-order valence-corrected chi connectivity index (χ3v) is 2.63. The molecule has 2 rings (SSSR count). The second-order valence-electron chi connectivity index (χ2n) is 3.54. The highest BCUT2D eigenvalue weighted by Gasteiger charge is 2.19. The molecule has 1 aliphatic heterocycles. The van der Waals surface area contributed by atoms with E-state index in [1.807, 2.05) is 6.07 Å². The van der Waals surface area contributed by atoms with Gasteiger partial charge < -0.3 is 5.32 Å². The van der Waals surface area contributed by atoms with Crippen LogP contribution in [0.2, 0.25) is 0 Å². The monoisotopic (exact) mass is 190 g/mol. The van der Waals surface area contributed by atoms with E-state index in [-0.39, 0.29) is 11.7 Å². The minimum atomic E-state index is -0.252. The van der Waals surface area contributed by atoms with Crippen molar-refractivity contribution in [2.45, 2.75) is 12.3 Å². The first-order valence-electron chi connectivity index (χ1n) is 4.71. The lowest BCUT2D eigenvalue weighted by Gasteiger charge is -2.09. The zero-order valence-electron chi connectivity index (χ0n) is 7.76. The molecule has 0 unspecified atom stereocenters. The molecule has 1 atom stereocenters. The van der Waals surface area contributed by atoms with Crippen molar-refractivity contribution >= 4 is 0 Å². The maximum absolute atomic E-state index is 13.5. The molecule has 1 fully saturated rings. The van der Waals surface area contributed by atoms with Crippen LogP contribution < -0.4 is 5.32 Å². The Hall–Kier alpha value is -1.40. The average Bonchev–Trinajstić information content (AvgIpc) is 2.70. The van der Waals surface area contributed by atoms with Crippen LogP contribution in [0.4, 0.5) is 4.39 Å². The number of hydrogen-bond acceptors (Lipinski definition) is 2. The summed E-state index contributed by atoms with van der Waals surface area (Å²) in [7, 11) is 0. The van der Waals surface area contributed by atoms with Gasteiger partial charge in [-0.25, -0.2) is 4.39 Å². The Bertz CT molecular complexity index is 375. The largest absolute Gasteiger partial charge is 0.316 e. The highest BCUT2D eigenvalue weighted by molar-refractivity contribution is 5.34. The molecule has 1 aromatic carbocycles. The van der Waals surface area contributed by atoms with Gasteiger partial charge in [0.15, 0.2) is 0 Å². The van der Waals surface area contributed by atoms with Crippen molar-refractivity contribution in [1.29, 1.82) is 5.26 Å². The van der Waals surface area contributed by atoms with E-state index in [9.17, 15) is 4.39 Å². The van der Waals surface area contributed by atoms with Crippen LogP contribution >= 0.6 is 0 Å². The topological polar surface area (TPSA) is 35.8 Å². The Morgan fingerprint density at radius 2 is 2.36 bits per heavy atom. The Labute approximate surface area is 82.4 Å². The van der Waals surface area contributed by atoms with Gasteiger partial charge in [0.1, 0.15) is 5.82 Å². The van der Waals surface area contributed by atoms with E-state index in [1.165, 1.54) is 6.07 Å². The van der Waals surface area contributed by atoms with Crippen LogP contribution in [-0.4, -0.2) is 13.1 Å². The van der Waals surface area contributed by atoms with Crippen molar-refractivity contribution in [2.24, 2.45) is 0 Å². The number of nitrogens with zero attached hydrogens (tertiary/aromatic N) is 1. The van der Waals surface area contributed by atoms with Crippen molar-refractivity contribution in [3.8, 4) is 6.07 Å². The highest BCUT2D eigenvalue weighted by Crippen LogP contribution is 2.25. The van der Waals surface area contributed by atoms with E-state index in [2.05, 4.69) is 5.32 Å². The van der Waals surface area contributed by atoms with Gasteiger partial charge in [0.25, 0.3) is 0 Å². The highest BCUT2D eigenvalue weighted by atomic mass is 19.1. The van der Waals surface area contributed by atoms with Gasteiger partial charge >= 0.3 is 0 Å². The molecule has 1 saturated heterocycles. The molecule has 2 nitrogen and oxygen atoms in total. The first kappa shape index (κ1) is 9.17. The number of hydrogen-bond donors (Lipinski definition) is 1. The zero-order chi connectivity index (χ0) is 9.97. The Kier molecular flexibility index (Phi) is 2.47. The molecule has 0 aliphatic carbocycles. The minimum absolute atomic E-state index is 0.252. The summed E-state index contributed by atoms with van der Waals surface area (Å²) >= 11 is 0. The maximum atomic E-state index is 13.5. The van der Waals surface area contributed by atoms with E-state index in [0.717, 1.165) is 25.1 Å². The average molecular weight is 190 g/mol. The number of nitriles is 1. The van der Waals surface area contributed by atoms with E-state index in [4.69, 9.17) is 5.26 Å². The Balaban J connectivity index is 2.30. The van der Waals surface area contributed by atoms with Crippen LogP contribution in [0.15, 0.2) is 18.2 Å². The van der Waals surface area contributed by atoms with Crippen LogP contribution in [0, 0.1) is 17.1 Å². The van der Waals surface area contributed by atoms with Gasteiger partial charge in [-0.05, 0) is 30.7 Å². The summed E-state index contributed by atoms with van der Waals surface area (Å²) in [6.07, 6.45) is 0.975. The summed E-state index contributed by atoms with van der Waals surface area (Å²) in [5, 5.41) is 11.8. The van der Waals surface area contributed by atoms with Crippen molar-refractivity contribution in [3.63, 3.8) is 0 Å². The second-order valence-corrected chi connectivity index (χ2v) is 3.54. The number of nitrogens with one attached hydrogen (secondary N) is 1. The zero-order valence-corrected chi connectivity index (χ0v) is 7.76. The van der Waals surface area contributed by atoms with Crippen LogP contribution in [-0.2, 0) is 0 Å². The lowest BCUT2D eigenvalue weighted by molar-refractivity contribution is 0.588. The molecule has 3 heteroatoms. The number of halogens is 1. The van der Waals surface area contributed by atoms with Crippen molar-refractivity contribution in [1.82, 2.24) is 5.32 Å². The predicted octanol–water partition coefficient (Wildman–Crippen LogP) is 1.77. The number of rotatable bonds is 1. The predicted molar refractivity (Wildman–Crippen MR) is 51.3 cm³/mol. The molecule has 14 heavy (non-hydrogen) atoms. The fourth-order valence-corrected chi connectivity index (χ4v) is 1.85. The Morgan fingerprint density at radius 3 is 2.93 bits per heavy atom. The quantitative estimate of drug-likeness (QED) is 0.732. The van der Waals surface area contributed by atoms with Crippen molar-refractivity contribution in [3.05, 3.63) is 35.1 Å². The van der Waals surface area contributed by atoms with E-state index >= 15 is 0 Å². The van der Waals surface area contributed by atoms with Crippen molar-refractivity contribution < 1.29 is 4.39 Å². The molecule has 1 aliphatic rings. The third-order valence-electron chi connectivity index (χ3n) is 2.63. The summed E-state index contributed by atoms with van der Waals surface area (Å²) in [5.74, 6) is 0.0143. The molecular formula is C11H11FN2. The molecule has 0 amide bonds. The molecule has 0 bridgehead atoms. The van der Waals surface area contributed by atoms with Gasteiger partial charge in [0, 0.05) is 12.5 Å². The smallest absolute Gasteiger partial charge is 0.128 e. The van der Waals surface area contributed by atoms with E-state index < -0.39 is 0 Å². The maximum Gasteiger partial charge on any atom is 0.128 e. The first-order chi connectivity index (χ1) is 6.81. The molecule has 72 valence electrons. The standard InChI is InChI=1S/C11H11FN2/c12-11-5-8(6-13)1-2-10(11)9-3-4-14-7-9/h1-2,5,9,14H,3-4,7H2/t9-/m1/s1. The molecular weight excluding hydrogens is 179 g/mol. The summed E-state index contributed by atoms with van der Waals surface area (Å²) < 4.78 is 13.5. The normalized spacial score (nSPS) is 20.7. The van der Waals surface area contributed by atoms with Crippen LogP contribution in [0.5, 0.6) is 0 Å². The third kappa shape index (κ3) is 1.61. The van der Waals surface area contributed by atoms with Gasteiger partial charge in [0.2, 0.25) is 0 Å². The lowest BCUT2D eigenvalue weighted by atomic mass is 9.97. The molecule has 1 aromatic rings. The Morgan fingerprint density at radius 1 is 1.50 bits per heavy atom. The molecule has 1 N–H and O–H groups in total. The fourth-order valence-electron chi connectivity index (χ4n) is 1.85. The minimum Gasteiger partial charge on any atom is -0.316 e. The second kappa shape index (κ2) is 3.77. The summed E-state index contributed by atoms with van der Waals surface area (Å²) in [4.78, 5) is 0. The van der Waals surface area contributed by atoms with Gasteiger partial charge in [-0.3, -0.25) is 0 Å². The summed E-state index contributed by atoms with van der Waals surface area (Å²) in [6, 6.07) is 6.65.